The van der Waals surface area contributed by atoms with E-state index in [-0.39, 0.29) is 17.9 Å². The molecule has 0 unspecified atom stereocenters. The number of carbonyl (C=O) groups excluding carboxylic acids is 2. The molecule has 0 aromatic heterocycles. The van der Waals surface area contributed by atoms with E-state index in [1.165, 1.54) is 0 Å². The molecule has 0 radical (unpaired) electrons. The van der Waals surface area contributed by atoms with Crippen molar-refractivity contribution in [2.75, 3.05) is 65.6 Å². The molecule has 0 spiro atoms. The number of hydrogen-bond acceptors (Lipinski definition) is 5. The summed E-state index contributed by atoms with van der Waals surface area (Å²) in [5.41, 5.74) is 1.13. The number of nitrogens with zero attached hydrogens (tertiary/aromatic N) is 3. The Balaban J connectivity index is 1.43. The van der Waals surface area contributed by atoms with Crippen molar-refractivity contribution in [1.29, 1.82) is 0 Å². The largest absolute Gasteiger partial charge is 0.379 e. The van der Waals surface area contributed by atoms with Crippen LogP contribution in [-0.2, 0) is 9.47 Å². The number of benzene rings is 2. The van der Waals surface area contributed by atoms with E-state index in [0.29, 0.717) is 67.2 Å². The van der Waals surface area contributed by atoms with Gasteiger partial charge < -0.3 is 19.3 Å². The summed E-state index contributed by atoms with van der Waals surface area (Å²) in [6.45, 7) is 6.19. The molecular formula is C25H29Cl2N3O4. The van der Waals surface area contributed by atoms with Crippen molar-refractivity contribution in [3.63, 3.8) is 0 Å². The lowest BCUT2D eigenvalue weighted by Crippen LogP contribution is -2.52. The highest BCUT2D eigenvalue weighted by Crippen LogP contribution is 2.24. The van der Waals surface area contributed by atoms with Crippen LogP contribution in [0.1, 0.15) is 20.7 Å². The highest BCUT2D eigenvalue weighted by molar-refractivity contribution is 6.42. The second-order valence-corrected chi connectivity index (χ2v) is 9.26. The fraction of sp³-hybridized carbons (Fsp3) is 0.440. The molecule has 0 N–H and O–H groups in total. The molecule has 9 heteroatoms. The maximum Gasteiger partial charge on any atom is 0.254 e. The zero-order chi connectivity index (χ0) is 23.9. The third-order valence-electron chi connectivity index (χ3n) is 6.11. The average Bonchev–Trinajstić information content (AvgIpc) is 2.88. The predicted molar refractivity (Wildman–Crippen MR) is 132 cm³/mol. The molecule has 2 aliphatic rings. The molecule has 34 heavy (non-hydrogen) atoms. The summed E-state index contributed by atoms with van der Waals surface area (Å²) >= 11 is 12.1. The quantitative estimate of drug-likeness (QED) is 0.577. The molecule has 0 bridgehead atoms. The molecule has 2 aromatic carbocycles. The topological polar surface area (TPSA) is 62.3 Å². The van der Waals surface area contributed by atoms with Crippen molar-refractivity contribution in [2.45, 2.75) is 6.10 Å². The van der Waals surface area contributed by atoms with Gasteiger partial charge in [0.1, 0.15) is 0 Å². The van der Waals surface area contributed by atoms with Gasteiger partial charge in [0.25, 0.3) is 11.8 Å². The van der Waals surface area contributed by atoms with Gasteiger partial charge in [0.2, 0.25) is 0 Å². The van der Waals surface area contributed by atoms with Crippen LogP contribution in [0.4, 0.5) is 0 Å². The fourth-order valence-electron chi connectivity index (χ4n) is 4.20. The molecule has 0 aliphatic carbocycles. The van der Waals surface area contributed by atoms with Gasteiger partial charge in [0, 0.05) is 56.9 Å². The van der Waals surface area contributed by atoms with Gasteiger partial charge in [-0.2, -0.15) is 0 Å². The van der Waals surface area contributed by atoms with Crippen LogP contribution in [0.25, 0.3) is 0 Å². The van der Waals surface area contributed by atoms with Crippen LogP contribution in [-0.4, -0.2) is 98.3 Å². The van der Waals surface area contributed by atoms with E-state index in [9.17, 15) is 9.59 Å². The summed E-state index contributed by atoms with van der Waals surface area (Å²) in [6.07, 6.45) is -0.280. The van der Waals surface area contributed by atoms with Crippen molar-refractivity contribution in [3.05, 3.63) is 69.7 Å². The fourth-order valence-corrected chi connectivity index (χ4v) is 4.50. The standard InChI is InChI=1S/C25H29Cl2N3O4/c26-22-7-6-20(16-23(22)27)25(32)30-12-15-34-21(18-30)17-29(9-8-28-10-13-33-14-11-28)24(31)19-4-2-1-3-5-19/h1-7,16,21H,8-15,17-18H2/t21-/m0/s1. The van der Waals surface area contributed by atoms with Crippen molar-refractivity contribution >= 4 is 35.0 Å². The van der Waals surface area contributed by atoms with Crippen molar-refractivity contribution in [1.82, 2.24) is 14.7 Å². The lowest BCUT2D eigenvalue weighted by molar-refractivity contribution is -0.0346. The lowest BCUT2D eigenvalue weighted by Gasteiger charge is -2.37. The van der Waals surface area contributed by atoms with Gasteiger partial charge in [-0.1, -0.05) is 41.4 Å². The number of hydrogen-bond donors (Lipinski definition) is 0. The summed E-state index contributed by atoms with van der Waals surface area (Å²) in [5.74, 6) is -0.161. The number of halogens is 2. The Morgan fingerprint density at radius 1 is 0.941 bits per heavy atom. The van der Waals surface area contributed by atoms with Crippen LogP contribution < -0.4 is 0 Å². The summed E-state index contributed by atoms with van der Waals surface area (Å²) in [5, 5.41) is 0.758. The minimum absolute atomic E-state index is 0.0367. The maximum atomic E-state index is 13.3. The van der Waals surface area contributed by atoms with Crippen molar-refractivity contribution in [2.24, 2.45) is 0 Å². The van der Waals surface area contributed by atoms with E-state index in [4.69, 9.17) is 32.7 Å². The summed E-state index contributed by atoms with van der Waals surface area (Å²) in [6, 6.07) is 14.2. The molecule has 2 aromatic rings. The second kappa shape index (κ2) is 12.0. The average molecular weight is 506 g/mol. The maximum absolute atomic E-state index is 13.3. The Morgan fingerprint density at radius 3 is 2.44 bits per heavy atom. The third-order valence-corrected chi connectivity index (χ3v) is 6.85. The summed E-state index contributed by atoms with van der Waals surface area (Å²) in [4.78, 5) is 32.3. The number of ether oxygens (including phenoxy) is 2. The van der Waals surface area contributed by atoms with Crippen LogP contribution >= 0.6 is 23.2 Å². The number of amides is 2. The molecule has 182 valence electrons. The van der Waals surface area contributed by atoms with Crippen LogP contribution in [0.5, 0.6) is 0 Å². The Morgan fingerprint density at radius 2 is 1.71 bits per heavy atom. The minimum Gasteiger partial charge on any atom is -0.379 e. The highest BCUT2D eigenvalue weighted by atomic mass is 35.5. The molecule has 2 heterocycles. The molecule has 0 saturated carbocycles. The zero-order valence-electron chi connectivity index (χ0n) is 19.0. The van der Waals surface area contributed by atoms with E-state index >= 15 is 0 Å². The normalized spacial score (nSPS) is 19.1. The lowest BCUT2D eigenvalue weighted by atomic mass is 10.1. The van der Waals surface area contributed by atoms with Gasteiger partial charge in [0.05, 0.1) is 36.0 Å². The van der Waals surface area contributed by atoms with Crippen LogP contribution in [0, 0.1) is 0 Å². The van der Waals surface area contributed by atoms with Crippen LogP contribution in [0.3, 0.4) is 0 Å². The van der Waals surface area contributed by atoms with E-state index < -0.39 is 0 Å². The van der Waals surface area contributed by atoms with Gasteiger partial charge in [-0.3, -0.25) is 14.5 Å². The third kappa shape index (κ3) is 6.49. The van der Waals surface area contributed by atoms with Gasteiger partial charge in [-0.05, 0) is 30.3 Å². The molecule has 4 rings (SSSR count). The van der Waals surface area contributed by atoms with Gasteiger partial charge in [-0.15, -0.1) is 0 Å². The first-order chi connectivity index (χ1) is 16.5. The molecule has 2 saturated heterocycles. The highest BCUT2D eigenvalue weighted by Gasteiger charge is 2.29. The first-order valence-electron chi connectivity index (χ1n) is 11.5. The SMILES string of the molecule is O=C(c1ccc(Cl)c(Cl)c1)N1CCO[C@@H](CN(CCN2CCOCC2)C(=O)c2ccccc2)C1. The Hall–Kier alpha value is -2.16. The molecule has 2 amide bonds. The first-order valence-corrected chi connectivity index (χ1v) is 12.3. The molecule has 1 atom stereocenters. The molecule has 7 nitrogen and oxygen atoms in total. The first kappa shape index (κ1) is 24.9. The zero-order valence-corrected chi connectivity index (χ0v) is 20.5. The minimum atomic E-state index is -0.280. The monoisotopic (exact) mass is 505 g/mol. The van der Waals surface area contributed by atoms with E-state index in [2.05, 4.69) is 4.90 Å². The van der Waals surface area contributed by atoms with Crippen molar-refractivity contribution < 1.29 is 19.1 Å². The summed E-state index contributed by atoms with van der Waals surface area (Å²) in [7, 11) is 0. The van der Waals surface area contributed by atoms with E-state index in [0.717, 1.165) is 19.6 Å². The Bertz CT molecular complexity index is 985. The number of carbonyl (C=O) groups is 2. The Labute approximate surface area is 210 Å². The Kier molecular flexibility index (Phi) is 8.80. The van der Waals surface area contributed by atoms with E-state index in [1.54, 1.807) is 23.1 Å². The smallest absolute Gasteiger partial charge is 0.254 e. The van der Waals surface area contributed by atoms with Gasteiger partial charge in [-0.25, -0.2) is 0 Å². The van der Waals surface area contributed by atoms with Crippen LogP contribution in [0.15, 0.2) is 48.5 Å². The van der Waals surface area contributed by atoms with Gasteiger partial charge in [0.15, 0.2) is 0 Å². The van der Waals surface area contributed by atoms with Crippen LogP contribution in [0.2, 0.25) is 10.0 Å². The van der Waals surface area contributed by atoms with Gasteiger partial charge >= 0.3 is 0 Å². The molecule has 2 fully saturated rings. The molecular weight excluding hydrogens is 477 g/mol. The van der Waals surface area contributed by atoms with E-state index in [1.807, 2.05) is 35.2 Å². The molecule has 2 aliphatic heterocycles. The predicted octanol–water partition coefficient (Wildman–Crippen LogP) is 3.31. The summed E-state index contributed by atoms with van der Waals surface area (Å²) < 4.78 is 11.4. The van der Waals surface area contributed by atoms with Crippen molar-refractivity contribution in [3.8, 4) is 0 Å². The number of morpholine rings is 2. The number of rotatable bonds is 7. The second-order valence-electron chi connectivity index (χ2n) is 8.44.